The second-order valence-corrected chi connectivity index (χ2v) is 5.30. The van der Waals surface area contributed by atoms with Crippen LogP contribution in [0.1, 0.15) is 34.3 Å². The van der Waals surface area contributed by atoms with E-state index in [2.05, 4.69) is 12.1 Å². The molecule has 4 heteroatoms. The van der Waals surface area contributed by atoms with Crippen LogP contribution in [-0.2, 0) is 22.7 Å². The van der Waals surface area contributed by atoms with E-state index >= 15 is 0 Å². The Balaban J connectivity index is 1.50. The SMILES string of the molecule is O=C(O)c1ccc(COCCCCOCc2ccccc2)cc1. The van der Waals surface area contributed by atoms with Gasteiger partial charge in [-0.15, -0.1) is 0 Å². The molecule has 1 N–H and O–H groups in total. The second kappa shape index (κ2) is 9.77. The van der Waals surface area contributed by atoms with Crippen LogP contribution in [0.25, 0.3) is 0 Å². The largest absolute Gasteiger partial charge is 0.478 e. The number of unbranched alkanes of at least 4 members (excludes halogenated alkanes) is 1. The van der Waals surface area contributed by atoms with Gasteiger partial charge in [0.1, 0.15) is 0 Å². The van der Waals surface area contributed by atoms with E-state index in [1.54, 1.807) is 24.3 Å². The van der Waals surface area contributed by atoms with Crippen LogP contribution in [0.3, 0.4) is 0 Å². The third-order valence-corrected chi connectivity index (χ3v) is 3.41. The van der Waals surface area contributed by atoms with Gasteiger partial charge in [-0.2, -0.15) is 0 Å². The van der Waals surface area contributed by atoms with Gasteiger partial charge >= 0.3 is 5.97 Å². The van der Waals surface area contributed by atoms with Crippen LogP contribution in [0.2, 0.25) is 0 Å². The monoisotopic (exact) mass is 314 g/mol. The first kappa shape index (κ1) is 17.2. The Morgan fingerprint density at radius 1 is 0.783 bits per heavy atom. The number of carboxylic acid groups (broad SMARTS) is 1. The van der Waals surface area contributed by atoms with Crippen molar-refractivity contribution in [2.45, 2.75) is 26.1 Å². The van der Waals surface area contributed by atoms with Gasteiger partial charge in [-0.1, -0.05) is 42.5 Å². The number of ether oxygens (including phenoxy) is 2. The number of aromatic carboxylic acids is 1. The molecule has 0 spiro atoms. The maximum atomic E-state index is 10.7. The zero-order chi connectivity index (χ0) is 16.3. The normalized spacial score (nSPS) is 10.6. The van der Waals surface area contributed by atoms with Gasteiger partial charge in [0, 0.05) is 13.2 Å². The first-order valence-corrected chi connectivity index (χ1v) is 7.77. The molecule has 2 aromatic carbocycles. The molecule has 0 unspecified atom stereocenters. The summed E-state index contributed by atoms with van der Waals surface area (Å²) in [7, 11) is 0. The fraction of sp³-hybridized carbons (Fsp3) is 0.316. The quantitative estimate of drug-likeness (QED) is 0.676. The predicted octanol–water partition coefficient (Wildman–Crippen LogP) is 3.90. The molecule has 2 aromatic rings. The number of hydrogen-bond acceptors (Lipinski definition) is 3. The van der Waals surface area contributed by atoms with Gasteiger partial charge in [0.2, 0.25) is 0 Å². The zero-order valence-corrected chi connectivity index (χ0v) is 13.1. The molecule has 4 nitrogen and oxygen atoms in total. The Bertz CT molecular complexity index is 578. The Kier molecular flexibility index (Phi) is 7.30. The maximum Gasteiger partial charge on any atom is 0.335 e. The van der Waals surface area contributed by atoms with Crippen LogP contribution in [0, 0.1) is 0 Å². The molecule has 23 heavy (non-hydrogen) atoms. The van der Waals surface area contributed by atoms with E-state index in [9.17, 15) is 4.79 Å². The number of rotatable bonds is 10. The molecule has 0 saturated heterocycles. The number of benzene rings is 2. The van der Waals surface area contributed by atoms with Crippen molar-refractivity contribution in [1.29, 1.82) is 0 Å². The number of carboxylic acids is 1. The molecule has 0 aliphatic carbocycles. The summed E-state index contributed by atoms with van der Waals surface area (Å²) >= 11 is 0. The van der Waals surface area contributed by atoms with Crippen molar-refractivity contribution in [3.8, 4) is 0 Å². The summed E-state index contributed by atoms with van der Waals surface area (Å²) in [5, 5.41) is 8.82. The van der Waals surface area contributed by atoms with E-state index in [1.807, 2.05) is 18.2 Å². The molecule has 0 heterocycles. The topological polar surface area (TPSA) is 55.8 Å². The third kappa shape index (κ3) is 6.63. The Morgan fingerprint density at radius 3 is 1.83 bits per heavy atom. The van der Waals surface area contributed by atoms with Crippen molar-refractivity contribution < 1.29 is 19.4 Å². The Morgan fingerprint density at radius 2 is 1.30 bits per heavy atom. The summed E-state index contributed by atoms with van der Waals surface area (Å²) in [6.45, 7) is 2.56. The zero-order valence-electron chi connectivity index (χ0n) is 13.1. The lowest BCUT2D eigenvalue weighted by Crippen LogP contribution is -2.00. The first-order chi connectivity index (χ1) is 11.3. The van der Waals surface area contributed by atoms with E-state index in [-0.39, 0.29) is 0 Å². The first-order valence-electron chi connectivity index (χ1n) is 7.77. The lowest BCUT2D eigenvalue weighted by Gasteiger charge is -2.06. The Hall–Kier alpha value is -2.17. The molecule has 0 radical (unpaired) electrons. The van der Waals surface area contributed by atoms with Gasteiger partial charge in [0.25, 0.3) is 0 Å². The van der Waals surface area contributed by atoms with Gasteiger partial charge < -0.3 is 14.6 Å². The van der Waals surface area contributed by atoms with Crippen molar-refractivity contribution in [2.24, 2.45) is 0 Å². The van der Waals surface area contributed by atoms with Crippen LogP contribution < -0.4 is 0 Å². The van der Waals surface area contributed by atoms with Gasteiger partial charge in [-0.3, -0.25) is 0 Å². The molecular formula is C19H22O4. The van der Waals surface area contributed by atoms with Crippen molar-refractivity contribution in [3.63, 3.8) is 0 Å². The van der Waals surface area contributed by atoms with Gasteiger partial charge in [0.15, 0.2) is 0 Å². The van der Waals surface area contributed by atoms with Gasteiger partial charge in [0.05, 0.1) is 18.8 Å². The maximum absolute atomic E-state index is 10.7. The standard InChI is InChI=1S/C19H22O4/c20-19(21)18-10-8-17(9-11-18)15-23-13-5-4-12-22-14-16-6-2-1-3-7-16/h1-3,6-11H,4-5,12-15H2,(H,20,21). The molecule has 0 aromatic heterocycles. The van der Waals surface area contributed by atoms with E-state index in [0.717, 1.165) is 25.0 Å². The van der Waals surface area contributed by atoms with Gasteiger partial charge in [-0.25, -0.2) is 4.79 Å². The lowest BCUT2D eigenvalue weighted by molar-refractivity contribution is 0.0696. The molecule has 0 aliphatic heterocycles. The summed E-state index contributed by atoms with van der Waals surface area (Å²) in [6, 6.07) is 16.9. The highest BCUT2D eigenvalue weighted by Crippen LogP contribution is 2.06. The van der Waals surface area contributed by atoms with E-state index < -0.39 is 5.97 Å². The van der Waals surface area contributed by atoms with Crippen LogP contribution in [0.4, 0.5) is 0 Å². The summed E-state index contributed by atoms with van der Waals surface area (Å²) in [5.74, 6) is -0.909. The molecular weight excluding hydrogens is 292 g/mol. The molecule has 0 bridgehead atoms. The average molecular weight is 314 g/mol. The van der Waals surface area contributed by atoms with Crippen LogP contribution >= 0.6 is 0 Å². The summed E-state index contributed by atoms with van der Waals surface area (Å²) < 4.78 is 11.2. The molecule has 0 atom stereocenters. The minimum absolute atomic E-state index is 0.296. The van der Waals surface area contributed by atoms with Crippen molar-refractivity contribution in [2.75, 3.05) is 13.2 Å². The lowest BCUT2D eigenvalue weighted by atomic mass is 10.1. The summed E-state index contributed by atoms with van der Waals surface area (Å²) in [6.07, 6.45) is 1.91. The Labute approximate surface area is 136 Å². The minimum atomic E-state index is -0.909. The summed E-state index contributed by atoms with van der Waals surface area (Å²) in [4.78, 5) is 10.7. The molecule has 0 aliphatic rings. The van der Waals surface area contributed by atoms with Crippen molar-refractivity contribution in [3.05, 3.63) is 71.3 Å². The number of hydrogen-bond donors (Lipinski definition) is 1. The average Bonchev–Trinajstić information content (AvgIpc) is 2.58. The molecule has 122 valence electrons. The van der Waals surface area contributed by atoms with Crippen molar-refractivity contribution in [1.82, 2.24) is 0 Å². The highest BCUT2D eigenvalue weighted by atomic mass is 16.5. The van der Waals surface area contributed by atoms with Crippen LogP contribution in [0.5, 0.6) is 0 Å². The third-order valence-electron chi connectivity index (χ3n) is 3.41. The molecule has 0 fully saturated rings. The van der Waals surface area contributed by atoms with Crippen molar-refractivity contribution >= 4 is 5.97 Å². The van der Waals surface area contributed by atoms with E-state index in [1.165, 1.54) is 5.56 Å². The molecule has 0 saturated carbocycles. The second-order valence-electron chi connectivity index (χ2n) is 5.30. The van der Waals surface area contributed by atoms with Crippen LogP contribution in [0.15, 0.2) is 54.6 Å². The highest BCUT2D eigenvalue weighted by molar-refractivity contribution is 5.87. The van der Waals surface area contributed by atoms with E-state index in [4.69, 9.17) is 14.6 Å². The smallest absolute Gasteiger partial charge is 0.335 e. The minimum Gasteiger partial charge on any atom is -0.478 e. The highest BCUT2D eigenvalue weighted by Gasteiger charge is 2.01. The molecule has 2 rings (SSSR count). The summed E-state index contributed by atoms with van der Waals surface area (Å²) in [5.41, 5.74) is 2.47. The fourth-order valence-corrected chi connectivity index (χ4v) is 2.11. The fourth-order valence-electron chi connectivity index (χ4n) is 2.11. The van der Waals surface area contributed by atoms with Crippen LogP contribution in [-0.4, -0.2) is 24.3 Å². The number of carbonyl (C=O) groups is 1. The van der Waals surface area contributed by atoms with E-state index in [0.29, 0.717) is 25.4 Å². The molecule has 0 amide bonds. The predicted molar refractivity (Wildman–Crippen MR) is 88.4 cm³/mol. The van der Waals surface area contributed by atoms with Gasteiger partial charge in [-0.05, 0) is 36.1 Å².